The lowest BCUT2D eigenvalue weighted by Gasteiger charge is -2.03. The number of hydrogen-bond acceptors (Lipinski definition) is 1. The van der Waals surface area contributed by atoms with Gasteiger partial charge in [-0.3, -0.25) is 0 Å². The van der Waals surface area contributed by atoms with Crippen LogP contribution in [0.5, 0.6) is 0 Å². The Kier molecular flexibility index (Phi) is 3.32. The van der Waals surface area contributed by atoms with Crippen LogP contribution in [0.25, 0.3) is 12.2 Å². The molecule has 0 N–H and O–H groups in total. The standard InChI is InChI=1S/C12H15N/c1-4-11-5-7-12(8-6-11)9-10-13(2)3/h4-10H,1H2,2-3H3/b10-9+. The SMILES string of the molecule is C=Cc1ccc(/C=C/N(C)C)cc1. The van der Waals surface area contributed by atoms with Gasteiger partial charge in [0.05, 0.1) is 0 Å². The van der Waals surface area contributed by atoms with Crippen molar-refractivity contribution in [3.8, 4) is 0 Å². The van der Waals surface area contributed by atoms with Gasteiger partial charge in [-0.05, 0) is 23.4 Å². The summed E-state index contributed by atoms with van der Waals surface area (Å²) in [5.74, 6) is 0. The van der Waals surface area contributed by atoms with Crippen LogP contribution in [0.2, 0.25) is 0 Å². The predicted molar refractivity (Wildman–Crippen MR) is 59.3 cm³/mol. The van der Waals surface area contributed by atoms with Gasteiger partial charge in [0, 0.05) is 14.1 Å². The van der Waals surface area contributed by atoms with E-state index >= 15 is 0 Å². The predicted octanol–water partition coefficient (Wildman–Crippen LogP) is 2.86. The van der Waals surface area contributed by atoms with Crippen LogP contribution in [0, 0.1) is 0 Å². The summed E-state index contributed by atoms with van der Waals surface area (Å²) in [6.07, 6.45) is 5.95. The Hall–Kier alpha value is -1.50. The molecular formula is C12H15N. The highest BCUT2D eigenvalue weighted by Crippen LogP contribution is 2.06. The van der Waals surface area contributed by atoms with E-state index in [9.17, 15) is 0 Å². The lowest BCUT2D eigenvalue weighted by molar-refractivity contribution is 0.567. The first-order chi connectivity index (χ1) is 6.22. The first-order valence-corrected chi connectivity index (χ1v) is 4.29. The molecule has 1 aromatic carbocycles. The summed E-state index contributed by atoms with van der Waals surface area (Å²) in [6.45, 7) is 3.71. The maximum atomic E-state index is 3.71. The second-order valence-electron chi connectivity index (χ2n) is 3.15. The van der Waals surface area contributed by atoms with Gasteiger partial charge in [0.1, 0.15) is 0 Å². The molecule has 1 rings (SSSR count). The Labute approximate surface area is 80.0 Å². The molecule has 0 saturated carbocycles. The van der Waals surface area contributed by atoms with Crippen molar-refractivity contribution in [1.29, 1.82) is 0 Å². The van der Waals surface area contributed by atoms with Gasteiger partial charge in [0.15, 0.2) is 0 Å². The molecule has 0 fully saturated rings. The minimum Gasteiger partial charge on any atom is -0.383 e. The van der Waals surface area contributed by atoms with Crippen LogP contribution < -0.4 is 0 Å². The van der Waals surface area contributed by atoms with E-state index in [1.807, 2.05) is 31.3 Å². The summed E-state index contributed by atoms with van der Waals surface area (Å²) < 4.78 is 0. The van der Waals surface area contributed by atoms with Crippen LogP contribution >= 0.6 is 0 Å². The molecule has 68 valence electrons. The second kappa shape index (κ2) is 4.51. The molecule has 0 radical (unpaired) electrons. The second-order valence-corrected chi connectivity index (χ2v) is 3.15. The fourth-order valence-electron chi connectivity index (χ4n) is 0.978. The molecule has 0 atom stereocenters. The number of rotatable bonds is 3. The van der Waals surface area contributed by atoms with Crippen molar-refractivity contribution in [2.75, 3.05) is 14.1 Å². The van der Waals surface area contributed by atoms with Crippen molar-refractivity contribution in [1.82, 2.24) is 4.90 Å². The molecule has 0 heterocycles. The van der Waals surface area contributed by atoms with E-state index in [1.54, 1.807) is 0 Å². The Bertz CT molecular complexity index is 293. The zero-order valence-electron chi connectivity index (χ0n) is 8.20. The van der Waals surface area contributed by atoms with E-state index in [0.29, 0.717) is 0 Å². The van der Waals surface area contributed by atoms with Crippen molar-refractivity contribution in [2.24, 2.45) is 0 Å². The summed E-state index contributed by atoms with van der Waals surface area (Å²) in [7, 11) is 4.02. The van der Waals surface area contributed by atoms with E-state index in [-0.39, 0.29) is 0 Å². The molecule has 0 aliphatic heterocycles. The first kappa shape index (κ1) is 9.59. The Balaban J connectivity index is 2.75. The largest absolute Gasteiger partial charge is 0.383 e. The monoisotopic (exact) mass is 173 g/mol. The van der Waals surface area contributed by atoms with Gasteiger partial charge < -0.3 is 4.90 Å². The third kappa shape index (κ3) is 3.16. The van der Waals surface area contributed by atoms with Crippen molar-refractivity contribution >= 4 is 12.2 Å². The maximum Gasteiger partial charge on any atom is 0.00556 e. The highest BCUT2D eigenvalue weighted by molar-refractivity contribution is 5.54. The van der Waals surface area contributed by atoms with Gasteiger partial charge in [-0.15, -0.1) is 0 Å². The van der Waals surface area contributed by atoms with Crippen molar-refractivity contribution in [3.05, 3.63) is 48.2 Å². The molecule has 0 aliphatic carbocycles. The van der Waals surface area contributed by atoms with Gasteiger partial charge in [-0.2, -0.15) is 0 Å². The molecule has 0 saturated heterocycles. The summed E-state index contributed by atoms with van der Waals surface area (Å²) in [4.78, 5) is 2.02. The topological polar surface area (TPSA) is 3.24 Å². The van der Waals surface area contributed by atoms with E-state index in [4.69, 9.17) is 0 Å². The molecule has 1 heteroatoms. The molecule has 0 amide bonds. The zero-order chi connectivity index (χ0) is 9.68. The van der Waals surface area contributed by atoms with Crippen LogP contribution in [0.15, 0.2) is 37.0 Å². The van der Waals surface area contributed by atoms with Crippen LogP contribution in [0.3, 0.4) is 0 Å². The smallest absolute Gasteiger partial charge is 0.00556 e. The molecule has 0 aliphatic rings. The Morgan fingerprint density at radius 2 is 1.62 bits per heavy atom. The summed E-state index contributed by atoms with van der Waals surface area (Å²) in [5, 5.41) is 0. The molecule has 1 aromatic rings. The lowest BCUT2D eigenvalue weighted by atomic mass is 10.1. The van der Waals surface area contributed by atoms with Crippen LogP contribution in [-0.2, 0) is 0 Å². The summed E-state index contributed by atoms with van der Waals surface area (Å²) in [6, 6.07) is 8.28. The average molecular weight is 173 g/mol. The van der Waals surface area contributed by atoms with E-state index in [0.717, 1.165) is 5.56 Å². The Morgan fingerprint density at radius 3 is 2.08 bits per heavy atom. The zero-order valence-corrected chi connectivity index (χ0v) is 8.20. The molecule has 0 unspecified atom stereocenters. The van der Waals surface area contributed by atoms with Crippen molar-refractivity contribution in [3.63, 3.8) is 0 Å². The number of benzene rings is 1. The van der Waals surface area contributed by atoms with Gasteiger partial charge >= 0.3 is 0 Å². The van der Waals surface area contributed by atoms with Crippen LogP contribution in [0.4, 0.5) is 0 Å². The van der Waals surface area contributed by atoms with Gasteiger partial charge in [0.25, 0.3) is 0 Å². The van der Waals surface area contributed by atoms with Gasteiger partial charge in [0.2, 0.25) is 0 Å². The fourth-order valence-corrected chi connectivity index (χ4v) is 0.978. The molecule has 1 nitrogen and oxygen atoms in total. The molecular weight excluding hydrogens is 158 g/mol. The van der Waals surface area contributed by atoms with Crippen molar-refractivity contribution in [2.45, 2.75) is 0 Å². The number of nitrogens with zero attached hydrogens (tertiary/aromatic N) is 1. The van der Waals surface area contributed by atoms with E-state index in [1.165, 1.54) is 5.56 Å². The first-order valence-electron chi connectivity index (χ1n) is 4.29. The summed E-state index contributed by atoms with van der Waals surface area (Å²) in [5.41, 5.74) is 2.36. The van der Waals surface area contributed by atoms with Crippen molar-refractivity contribution < 1.29 is 0 Å². The third-order valence-electron chi connectivity index (χ3n) is 1.74. The van der Waals surface area contributed by atoms with E-state index in [2.05, 4.69) is 36.9 Å². The highest BCUT2D eigenvalue weighted by atomic mass is 15.0. The molecule has 13 heavy (non-hydrogen) atoms. The lowest BCUT2D eigenvalue weighted by Crippen LogP contribution is -1.99. The molecule has 0 bridgehead atoms. The van der Waals surface area contributed by atoms with E-state index < -0.39 is 0 Å². The normalized spacial score (nSPS) is 10.3. The molecule has 0 spiro atoms. The minimum atomic E-state index is 1.15. The Morgan fingerprint density at radius 1 is 1.08 bits per heavy atom. The quantitative estimate of drug-likeness (QED) is 0.679. The summed E-state index contributed by atoms with van der Waals surface area (Å²) >= 11 is 0. The molecule has 0 aromatic heterocycles. The number of hydrogen-bond donors (Lipinski definition) is 0. The fraction of sp³-hybridized carbons (Fsp3) is 0.167. The average Bonchev–Trinajstić information content (AvgIpc) is 2.15. The van der Waals surface area contributed by atoms with Gasteiger partial charge in [-0.1, -0.05) is 36.9 Å². The third-order valence-corrected chi connectivity index (χ3v) is 1.74. The maximum absolute atomic E-state index is 3.71. The minimum absolute atomic E-state index is 1.15. The van der Waals surface area contributed by atoms with Crippen LogP contribution in [0.1, 0.15) is 11.1 Å². The van der Waals surface area contributed by atoms with Crippen LogP contribution in [-0.4, -0.2) is 19.0 Å². The van der Waals surface area contributed by atoms with Gasteiger partial charge in [-0.25, -0.2) is 0 Å². The highest BCUT2D eigenvalue weighted by Gasteiger charge is 1.86.